The van der Waals surface area contributed by atoms with Crippen molar-refractivity contribution in [1.82, 2.24) is 16.2 Å². The number of carbonyl (C=O) groups is 1. The molecule has 0 aromatic heterocycles. The number of carbonyl (C=O) groups excluding carboxylic acids is 1. The summed E-state index contributed by atoms with van der Waals surface area (Å²) in [6, 6.07) is 8.52. The van der Waals surface area contributed by atoms with Crippen LogP contribution < -0.4 is 21.1 Å². The number of hydrogen-bond donors (Lipinski definition) is 3. The summed E-state index contributed by atoms with van der Waals surface area (Å²) in [6.07, 6.45) is 3.09. The van der Waals surface area contributed by atoms with Crippen molar-refractivity contribution < 1.29 is 4.79 Å². The summed E-state index contributed by atoms with van der Waals surface area (Å²) in [5.74, 6) is 0.0674. The number of amides is 1. The molecular formula is C16H26N4O. The van der Waals surface area contributed by atoms with E-state index in [0.717, 1.165) is 30.5 Å². The molecular weight excluding hydrogens is 264 g/mol. The van der Waals surface area contributed by atoms with Gasteiger partial charge in [-0.25, -0.2) is 5.43 Å². The van der Waals surface area contributed by atoms with Crippen LogP contribution in [0.3, 0.4) is 0 Å². The molecule has 1 aliphatic rings. The Hall–Kier alpha value is -1.59. The lowest BCUT2D eigenvalue weighted by Crippen LogP contribution is -2.43. The molecule has 1 aliphatic heterocycles. The van der Waals surface area contributed by atoms with E-state index in [9.17, 15) is 4.79 Å². The standard InChI is InChI=1S/C16H26N4O/c1-4-5-13-10-15(19-18-13)16(21)17-11-12-6-8-14(9-7-12)20(2)3/h6-9,13,15,18-19H,4-5,10-11H2,1-3H3,(H,17,21). The Labute approximate surface area is 127 Å². The summed E-state index contributed by atoms with van der Waals surface area (Å²) in [7, 11) is 4.03. The Kier molecular flexibility index (Phi) is 5.59. The van der Waals surface area contributed by atoms with Crippen LogP contribution in [0.15, 0.2) is 24.3 Å². The van der Waals surface area contributed by atoms with E-state index in [0.29, 0.717) is 12.6 Å². The van der Waals surface area contributed by atoms with Crippen molar-refractivity contribution in [3.63, 3.8) is 0 Å². The highest BCUT2D eigenvalue weighted by molar-refractivity contribution is 5.82. The molecule has 1 fully saturated rings. The van der Waals surface area contributed by atoms with Crippen molar-refractivity contribution in [1.29, 1.82) is 0 Å². The van der Waals surface area contributed by atoms with Crippen LogP contribution in [0.5, 0.6) is 0 Å². The first-order valence-electron chi connectivity index (χ1n) is 7.65. The zero-order valence-electron chi connectivity index (χ0n) is 13.1. The van der Waals surface area contributed by atoms with Crippen LogP contribution in [0.2, 0.25) is 0 Å². The van der Waals surface area contributed by atoms with Gasteiger partial charge < -0.3 is 10.2 Å². The van der Waals surface area contributed by atoms with Crippen LogP contribution in [0.1, 0.15) is 31.7 Å². The summed E-state index contributed by atoms with van der Waals surface area (Å²) < 4.78 is 0. The van der Waals surface area contributed by atoms with Gasteiger partial charge >= 0.3 is 0 Å². The van der Waals surface area contributed by atoms with Crippen LogP contribution in [0.25, 0.3) is 0 Å². The molecule has 1 amide bonds. The van der Waals surface area contributed by atoms with E-state index >= 15 is 0 Å². The van der Waals surface area contributed by atoms with Crippen molar-refractivity contribution in [2.75, 3.05) is 19.0 Å². The van der Waals surface area contributed by atoms with Crippen molar-refractivity contribution in [2.45, 2.75) is 44.8 Å². The zero-order valence-corrected chi connectivity index (χ0v) is 13.1. The Bertz CT molecular complexity index is 458. The Morgan fingerprint density at radius 1 is 1.29 bits per heavy atom. The first-order valence-corrected chi connectivity index (χ1v) is 7.65. The minimum absolute atomic E-state index is 0.0674. The molecule has 0 spiro atoms. The summed E-state index contributed by atoms with van der Waals surface area (Å²) in [6.45, 7) is 2.73. The molecule has 0 aliphatic carbocycles. The molecule has 116 valence electrons. The Balaban J connectivity index is 1.79. The molecule has 1 heterocycles. The number of anilines is 1. The van der Waals surface area contributed by atoms with E-state index in [1.807, 2.05) is 14.1 Å². The van der Waals surface area contributed by atoms with Gasteiger partial charge in [0.2, 0.25) is 5.91 Å². The largest absolute Gasteiger partial charge is 0.378 e. The molecule has 1 aromatic carbocycles. The van der Waals surface area contributed by atoms with E-state index in [-0.39, 0.29) is 11.9 Å². The molecule has 5 heteroatoms. The molecule has 2 atom stereocenters. The van der Waals surface area contributed by atoms with Crippen molar-refractivity contribution >= 4 is 11.6 Å². The number of rotatable bonds is 6. The number of hydrazine groups is 1. The number of hydrogen-bond acceptors (Lipinski definition) is 4. The lowest BCUT2D eigenvalue weighted by atomic mass is 10.1. The molecule has 1 saturated heterocycles. The summed E-state index contributed by atoms with van der Waals surface area (Å²) in [4.78, 5) is 14.2. The van der Waals surface area contributed by atoms with Crippen molar-refractivity contribution in [3.05, 3.63) is 29.8 Å². The fourth-order valence-corrected chi connectivity index (χ4v) is 2.56. The van der Waals surface area contributed by atoms with Gasteiger partial charge in [0.15, 0.2) is 0 Å². The van der Waals surface area contributed by atoms with E-state index in [1.165, 1.54) is 0 Å². The van der Waals surface area contributed by atoms with Crippen molar-refractivity contribution in [3.8, 4) is 0 Å². The molecule has 21 heavy (non-hydrogen) atoms. The SMILES string of the molecule is CCCC1CC(C(=O)NCc2ccc(N(C)C)cc2)NN1. The number of benzene rings is 1. The fourth-order valence-electron chi connectivity index (χ4n) is 2.56. The highest BCUT2D eigenvalue weighted by Crippen LogP contribution is 2.13. The third-order valence-corrected chi connectivity index (χ3v) is 3.86. The van der Waals surface area contributed by atoms with Gasteiger partial charge in [0, 0.05) is 32.4 Å². The Morgan fingerprint density at radius 3 is 2.62 bits per heavy atom. The minimum atomic E-state index is -0.123. The smallest absolute Gasteiger partial charge is 0.238 e. The maximum Gasteiger partial charge on any atom is 0.238 e. The van der Waals surface area contributed by atoms with Crippen LogP contribution in [0, 0.1) is 0 Å². The van der Waals surface area contributed by atoms with E-state index in [4.69, 9.17) is 0 Å². The van der Waals surface area contributed by atoms with Gasteiger partial charge in [-0.1, -0.05) is 25.5 Å². The summed E-state index contributed by atoms with van der Waals surface area (Å²) in [5, 5.41) is 3.00. The maximum atomic E-state index is 12.1. The van der Waals surface area contributed by atoms with Gasteiger partial charge in [-0.3, -0.25) is 10.2 Å². The zero-order chi connectivity index (χ0) is 15.2. The van der Waals surface area contributed by atoms with Gasteiger partial charge in [-0.05, 0) is 30.5 Å². The molecule has 1 aromatic rings. The Morgan fingerprint density at radius 2 is 2.00 bits per heavy atom. The second kappa shape index (κ2) is 7.43. The molecule has 0 bridgehead atoms. The van der Waals surface area contributed by atoms with Gasteiger partial charge in [0.05, 0.1) is 0 Å². The minimum Gasteiger partial charge on any atom is -0.378 e. The first kappa shape index (κ1) is 15.8. The predicted octanol–water partition coefficient (Wildman–Crippen LogP) is 1.40. The summed E-state index contributed by atoms with van der Waals surface area (Å²) >= 11 is 0. The number of nitrogens with one attached hydrogen (secondary N) is 3. The molecule has 3 N–H and O–H groups in total. The molecule has 2 unspecified atom stereocenters. The lowest BCUT2D eigenvalue weighted by molar-refractivity contribution is -0.123. The van der Waals surface area contributed by atoms with Gasteiger partial charge in [0.1, 0.15) is 6.04 Å². The van der Waals surface area contributed by atoms with Gasteiger partial charge in [-0.15, -0.1) is 0 Å². The first-order chi connectivity index (χ1) is 10.1. The molecule has 0 radical (unpaired) electrons. The average Bonchev–Trinajstić information content (AvgIpc) is 2.94. The van der Waals surface area contributed by atoms with Crippen LogP contribution >= 0.6 is 0 Å². The normalized spacial score (nSPS) is 21.3. The third-order valence-electron chi connectivity index (χ3n) is 3.86. The van der Waals surface area contributed by atoms with Crippen molar-refractivity contribution in [2.24, 2.45) is 0 Å². The molecule has 5 nitrogen and oxygen atoms in total. The van der Waals surface area contributed by atoms with Crippen LogP contribution in [0.4, 0.5) is 5.69 Å². The predicted molar refractivity (Wildman–Crippen MR) is 86.0 cm³/mol. The van der Waals surface area contributed by atoms with E-state index < -0.39 is 0 Å². The topological polar surface area (TPSA) is 56.4 Å². The van der Waals surface area contributed by atoms with Gasteiger partial charge in [-0.2, -0.15) is 0 Å². The monoisotopic (exact) mass is 290 g/mol. The highest BCUT2D eigenvalue weighted by atomic mass is 16.2. The number of nitrogens with zero attached hydrogens (tertiary/aromatic N) is 1. The molecule has 2 rings (SSSR count). The maximum absolute atomic E-state index is 12.1. The van der Waals surface area contributed by atoms with Gasteiger partial charge in [0.25, 0.3) is 0 Å². The van der Waals surface area contributed by atoms with E-state index in [1.54, 1.807) is 0 Å². The highest BCUT2D eigenvalue weighted by Gasteiger charge is 2.28. The quantitative estimate of drug-likeness (QED) is 0.741. The molecule has 0 saturated carbocycles. The lowest BCUT2D eigenvalue weighted by Gasteiger charge is -2.14. The van der Waals surface area contributed by atoms with Crippen LogP contribution in [-0.4, -0.2) is 32.1 Å². The van der Waals surface area contributed by atoms with E-state index in [2.05, 4.69) is 52.3 Å². The average molecular weight is 290 g/mol. The fraction of sp³-hybridized carbons (Fsp3) is 0.562. The second-order valence-corrected chi connectivity index (χ2v) is 5.84. The third kappa shape index (κ3) is 4.44. The van der Waals surface area contributed by atoms with Crippen LogP contribution in [-0.2, 0) is 11.3 Å². The summed E-state index contributed by atoms with van der Waals surface area (Å²) in [5.41, 5.74) is 8.55. The second-order valence-electron chi connectivity index (χ2n) is 5.84.